The van der Waals surface area contributed by atoms with E-state index in [4.69, 9.17) is 0 Å². The molecule has 0 aromatic heterocycles. The molecule has 2 fully saturated rings. The smallest absolute Gasteiger partial charge is 0.321 e. The van der Waals surface area contributed by atoms with Crippen molar-refractivity contribution < 1.29 is 19.5 Å². The topological polar surface area (TPSA) is 98.7 Å². The lowest BCUT2D eigenvalue weighted by Gasteiger charge is -2.22. The number of carbonyl (C=O) groups excluding carboxylic acids is 2. The first-order valence-electron chi connectivity index (χ1n) is 7.77. The van der Waals surface area contributed by atoms with Crippen LogP contribution in [-0.4, -0.2) is 47.6 Å². The Morgan fingerprint density at radius 2 is 2.25 bits per heavy atom. The molecule has 2 heterocycles. The maximum absolute atomic E-state index is 12.3. The molecule has 2 aliphatic rings. The molecule has 1 aromatic rings. The van der Waals surface area contributed by atoms with Crippen molar-refractivity contribution >= 4 is 41.0 Å². The third-order valence-corrected chi connectivity index (χ3v) is 5.60. The van der Waals surface area contributed by atoms with Crippen molar-refractivity contribution in [1.82, 2.24) is 5.32 Å². The zero-order valence-electron chi connectivity index (χ0n) is 13.1. The zero-order chi connectivity index (χ0) is 17.2. The molecule has 1 unspecified atom stereocenters. The van der Waals surface area contributed by atoms with Gasteiger partial charge in [-0.25, -0.2) is 4.79 Å². The van der Waals surface area contributed by atoms with Crippen molar-refractivity contribution in [3.8, 4) is 0 Å². The van der Waals surface area contributed by atoms with Crippen LogP contribution in [0.4, 0.5) is 16.2 Å². The monoisotopic (exact) mass is 349 g/mol. The maximum atomic E-state index is 12.3. The van der Waals surface area contributed by atoms with E-state index < -0.39 is 11.4 Å². The third-order valence-electron chi connectivity index (χ3n) is 4.35. The summed E-state index contributed by atoms with van der Waals surface area (Å²) in [5, 5.41) is 14.9. The largest absolute Gasteiger partial charge is 0.481 e. The standard InChI is InChI=1S/C16H19N3O4S/c20-13(9-16(14(21)22)4-7-24-10-16)18-11-2-1-3-12(8-11)19-6-5-17-15(19)23/h1-3,8H,4-7,9-10H2,(H,17,23)(H,18,20)(H,21,22). The number of aliphatic carboxylic acids is 1. The minimum absolute atomic E-state index is 0.0379. The molecule has 24 heavy (non-hydrogen) atoms. The second-order valence-electron chi connectivity index (χ2n) is 6.05. The predicted molar refractivity (Wildman–Crippen MR) is 92.4 cm³/mol. The fourth-order valence-electron chi connectivity index (χ4n) is 2.97. The lowest BCUT2D eigenvalue weighted by Crippen LogP contribution is -2.35. The van der Waals surface area contributed by atoms with Crippen LogP contribution < -0.4 is 15.5 Å². The first-order valence-corrected chi connectivity index (χ1v) is 8.92. The first kappa shape index (κ1) is 16.6. The number of benzene rings is 1. The van der Waals surface area contributed by atoms with Crippen LogP contribution in [0.25, 0.3) is 0 Å². The fourth-order valence-corrected chi connectivity index (χ4v) is 4.41. The molecule has 128 valence electrons. The molecule has 3 rings (SSSR count). The Kier molecular flexibility index (Phi) is 4.66. The molecular weight excluding hydrogens is 330 g/mol. The van der Waals surface area contributed by atoms with Gasteiger partial charge in [-0.2, -0.15) is 11.8 Å². The zero-order valence-corrected chi connectivity index (χ0v) is 13.9. The fraction of sp³-hybridized carbons (Fsp3) is 0.438. The van der Waals surface area contributed by atoms with E-state index in [1.807, 2.05) is 0 Å². The number of carbonyl (C=O) groups is 3. The average Bonchev–Trinajstić information content (AvgIpc) is 3.17. The SMILES string of the molecule is O=C(CC1(C(=O)O)CCSC1)Nc1cccc(N2CCNC2=O)c1. The van der Waals surface area contributed by atoms with Gasteiger partial charge < -0.3 is 15.7 Å². The Morgan fingerprint density at radius 3 is 2.88 bits per heavy atom. The summed E-state index contributed by atoms with van der Waals surface area (Å²) in [6.45, 7) is 1.17. The van der Waals surface area contributed by atoms with Gasteiger partial charge in [0.2, 0.25) is 5.91 Å². The lowest BCUT2D eigenvalue weighted by molar-refractivity contribution is -0.149. The second-order valence-corrected chi connectivity index (χ2v) is 7.15. The van der Waals surface area contributed by atoms with Crippen LogP contribution in [0.1, 0.15) is 12.8 Å². The van der Waals surface area contributed by atoms with Crippen LogP contribution in [0, 0.1) is 5.41 Å². The molecule has 8 heteroatoms. The summed E-state index contributed by atoms with van der Waals surface area (Å²) in [6.07, 6.45) is 0.470. The van der Waals surface area contributed by atoms with Gasteiger partial charge in [-0.15, -0.1) is 0 Å². The lowest BCUT2D eigenvalue weighted by atomic mass is 9.84. The second kappa shape index (κ2) is 6.72. The molecule has 1 atom stereocenters. The van der Waals surface area contributed by atoms with E-state index in [-0.39, 0.29) is 18.4 Å². The molecular formula is C16H19N3O4S. The summed E-state index contributed by atoms with van der Waals surface area (Å²) in [6, 6.07) is 6.85. The predicted octanol–water partition coefficient (Wildman–Crippen LogP) is 1.75. The van der Waals surface area contributed by atoms with E-state index in [2.05, 4.69) is 10.6 Å². The molecule has 1 aromatic carbocycles. The highest BCUT2D eigenvalue weighted by Gasteiger charge is 2.43. The number of rotatable bonds is 5. The number of nitrogens with zero attached hydrogens (tertiary/aromatic N) is 1. The number of nitrogens with one attached hydrogen (secondary N) is 2. The average molecular weight is 349 g/mol. The Hall–Kier alpha value is -2.22. The molecule has 0 aliphatic carbocycles. The Labute approximate surface area is 143 Å². The van der Waals surface area contributed by atoms with Crippen molar-refractivity contribution in [2.24, 2.45) is 5.41 Å². The number of amides is 3. The summed E-state index contributed by atoms with van der Waals surface area (Å²) in [4.78, 5) is 37.1. The summed E-state index contributed by atoms with van der Waals surface area (Å²) < 4.78 is 0. The highest BCUT2D eigenvalue weighted by atomic mass is 32.2. The van der Waals surface area contributed by atoms with Gasteiger partial charge in [-0.05, 0) is 30.4 Å². The van der Waals surface area contributed by atoms with E-state index in [0.29, 0.717) is 36.6 Å². The highest BCUT2D eigenvalue weighted by Crippen LogP contribution is 2.39. The molecule has 3 N–H and O–H groups in total. The van der Waals surface area contributed by atoms with E-state index in [1.54, 1.807) is 40.9 Å². The van der Waals surface area contributed by atoms with Crippen LogP contribution in [0.3, 0.4) is 0 Å². The number of hydrogen-bond donors (Lipinski definition) is 3. The minimum atomic E-state index is -0.971. The van der Waals surface area contributed by atoms with Crippen molar-refractivity contribution in [3.05, 3.63) is 24.3 Å². The van der Waals surface area contributed by atoms with Crippen molar-refractivity contribution in [2.45, 2.75) is 12.8 Å². The Bertz CT molecular complexity index is 673. The van der Waals surface area contributed by atoms with Gasteiger partial charge in [0.1, 0.15) is 0 Å². The summed E-state index contributed by atoms with van der Waals surface area (Å²) in [5.74, 6) is -0.00357. The van der Waals surface area contributed by atoms with Gasteiger partial charge in [0.05, 0.1) is 5.41 Å². The highest BCUT2D eigenvalue weighted by molar-refractivity contribution is 7.99. The summed E-state index contributed by atoms with van der Waals surface area (Å²) >= 11 is 1.57. The van der Waals surface area contributed by atoms with E-state index >= 15 is 0 Å². The molecule has 0 radical (unpaired) electrons. The number of hydrogen-bond acceptors (Lipinski definition) is 4. The molecule has 2 saturated heterocycles. The van der Waals surface area contributed by atoms with Gasteiger partial charge in [-0.1, -0.05) is 6.07 Å². The maximum Gasteiger partial charge on any atom is 0.321 e. The van der Waals surface area contributed by atoms with Crippen LogP contribution in [-0.2, 0) is 9.59 Å². The van der Waals surface area contributed by atoms with Gasteiger partial charge in [0.25, 0.3) is 0 Å². The van der Waals surface area contributed by atoms with E-state index in [1.165, 1.54) is 0 Å². The number of urea groups is 1. The Morgan fingerprint density at radius 1 is 1.42 bits per heavy atom. The van der Waals surface area contributed by atoms with Gasteiger partial charge in [0, 0.05) is 36.6 Å². The van der Waals surface area contributed by atoms with Crippen LogP contribution >= 0.6 is 11.8 Å². The molecule has 0 spiro atoms. The third kappa shape index (κ3) is 3.33. The molecule has 7 nitrogen and oxygen atoms in total. The van der Waals surface area contributed by atoms with Crippen LogP contribution in [0.2, 0.25) is 0 Å². The normalized spacial score (nSPS) is 23.2. The first-order chi connectivity index (χ1) is 11.5. The van der Waals surface area contributed by atoms with Crippen molar-refractivity contribution in [2.75, 3.05) is 34.8 Å². The number of carboxylic acids is 1. The van der Waals surface area contributed by atoms with Crippen molar-refractivity contribution in [3.63, 3.8) is 0 Å². The summed E-state index contributed by atoms with van der Waals surface area (Å²) in [5.41, 5.74) is 0.289. The number of anilines is 2. The van der Waals surface area contributed by atoms with Gasteiger partial charge in [0.15, 0.2) is 0 Å². The van der Waals surface area contributed by atoms with Gasteiger partial charge >= 0.3 is 12.0 Å². The molecule has 3 amide bonds. The van der Waals surface area contributed by atoms with Crippen LogP contribution in [0.5, 0.6) is 0 Å². The molecule has 0 bridgehead atoms. The van der Waals surface area contributed by atoms with E-state index in [0.717, 1.165) is 5.75 Å². The summed E-state index contributed by atoms with van der Waals surface area (Å²) in [7, 11) is 0. The molecule has 0 saturated carbocycles. The van der Waals surface area contributed by atoms with Crippen molar-refractivity contribution in [1.29, 1.82) is 0 Å². The van der Waals surface area contributed by atoms with Crippen LogP contribution in [0.15, 0.2) is 24.3 Å². The molecule has 2 aliphatic heterocycles. The number of thioether (sulfide) groups is 1. The quantitative estimate of drug-likeness (QED) is 0.752. The minimum Gasteiger partial charge on any atom is -0.481 e. The van der Waals surface area contributed by atoms with E-state index in [9.17, 15) is 19.5 Å². The number of carboxylic acid groups (broad SMARTS) is 1. The Balaban J connectivity index is 1.68. The van der Waals surface area contributed by atoms with Gasteiger partial charge in [-0.3, -0.25) is 14.5 Å².